The van der Waals surface area contributed by atoms with Gasteiger partial charge in [-0.15, -0.1) is 0 Å². The quantitative estimate of drug-likeness (QED) is 0.139. The molecule has 0 atom stereocenters. The van der Waals surface area contributed by atoms with Gasteiger partial charge in [-0.2, -0.15) is 0 Å². The van der Waals surface area contributed by atoms with Crippen LogP contribution in [-0.2, 0) is 4.57 Å². The molecule has 44 heavy (non-hydrogen) atoms. The second-order valence-electron chi connectivity index (χ2n) is 12.4. The van der Waals surface area contributed by atoms with Gasteiger partial charge in [0, 0.05) is 16.6 Å². The molecule has 0 spiro atoms. The largest absolute Gasteiger partial charge is 0.318 e. The number of benzene rings is 7. The predicted molar refractivity (Wildman–Crippen MR) is 193 cm³/mol. The standard InChI is InChI=1S/C42H37OP/c1-28(2)44(43,29(3)4)36-24-22-31(23-25-36)33-14-11-15-34(26-33)41-37-16-7-9-18-39(37)42(40-19-10-8-17-38(40)41)35-21-20-30-12-5-6-13-32(30)27-35/h5-29H,1-4H3. The fourth-order valence-electron chi connectivity index (χ4n) is 7.03. The Balaban J connectivity index is 1.41. The molecule has 0 fully saturated rings. The fourth-order valence-corrected chi connectivity index (χ4v) is 10.0. The summed E-state index contributed by atoms with van der Waals surface area (Å²) >= 11 is 0. The Morgan fingerprint density at radius 2 is 0.864 bits per heavy atom. The number of hydrogen-bond acceptors (Lipinski definition) is 1. The highest BCUT2D eigenvalue weighted by Crippen LogP contribution is 2.54. The maximum absolute atomic E-state index is 13.9. The van der Waals surface area contributed by atoms with Gasteiger partial charge in [0.05, 0.1) is 0 Å². The second kappa shape index (κ2) is 11.2. The summed E-state index contributed by atoms with van der Waals surface area (Å²) in [6.07, 6.45) is 0. The lowest BCUT2D eigenvalue weighted by molar-refractivity contribution is 0.569. The first-order valence-corrected chi connectivity index (χ1v) is 17.4. The van der Waals surface area contributed by atoms with E-state index in [0.717, 1.165) is 16.4 Å². The lowest BCUT2D eigenvalue weighted by Crippen LogP contribution is -2.19. The summed E-state index contributed by atoms with van der Waals surface area (Å²) in [6.45, 7) is 8.33. The van der Waals surface area contributed by atoms with Crippen LogP contribution in [0.15, 0.2) is 140 Å². The van der Waals surface area contributed by atoms with Gasteiger partial charge < -0.3 is 4.57 Å². The molecule has 7 aromatic carbocycles. The van der Waals surface area contributed by atoms with Crippen LogP contribution in [0.2, 0.25) is 0 Å². The van der Waals surface area contributed by atoms with E-state index in [4.69, 9.17) is 0 Å². The Morgan fingerprint density at radius 3 is 1.41 bits per heavy atom. The first-order chi connectivity index (χ1) is 21.4. The van der Waals surface area contributed by atoms with Crippen molar-refractivity contribution in [3.63, 3.8) is 0 Å². The Kier molecular flexibility index (Phi) is 7.23. The molecule has 216 valence electrons. The smallest absolute Gasteiger partial charge is 0.120 e. The Morgan fingerprint density at radius 1 is 0.409 bits per heavy atom. The van der Waals surface area contributed by atoms with Gasteiger partial charge in [-0.05, 0) is 77.8 Å². The van der Waals surface area contributed by atoms with Crippen LogP contribution >= 0.6 is 7.14 Å². The lowest BCUT2D eigenvalue weighted by atomic mass is 9.85. The van der Waals surface area contributed by atoms with E-state index < -0.39 is 7.14 Å². The maximum Gasteiger partial charge on any atom is 0.120 e. The number of rotatable bonds is 6. The van der Waals surface area contributed by atoms with Crippen molar-refractivity contribution in [1.82, 2.24) is 0 Å². The molecule has 0 radical (unpaired) electrons. The Hall–Kier alpha value is -4.45. The highest BCUT2D eigenvalue weighted by molar-refractivity contribution is 7.72. The van der Waals surface area contributed by atoms with Gasteiger partial charge in [0.2, 0.25) is 0 Å². The molecule has 0 amide bonds. The summed E-state index contributed by atoms with van der Waals surface area (Å²) in [7, 11) is -2.48. The van der Waals surface area contributed by atoms with E-state index in [-0.39, 0.29) is 11.3 Å². The van der Waals surface area contributed by atoms with Gasteiger partial charge in [-0.25, -0.2) is 0 Å². The van der Waals surface area contributed by atoms with Gasteiger partial charge in [-0.3, -0.25) is 0 Å². The fraction of sp³-hybridized carbons (Fsp3) is 0.143. The minimum Gasteiger partial charge on any atom is -0.318 e. The van der Waals surface area contributed by atoms with Crippen LogP contribution in [0.25, 0.3) is 65.7 Å². The molecule has 0 saturated heterocycles. The van der Waals surface area contributed by atoms with Crippen molar-refractivity contribution in [1.29, 1.82) is 0 Å². The molecule has 2 heteroatoms. The topological polar surface area (TPSA) is 17.1 Å². The van der Waals surface area contributed by atoms with E-state index in [2.05, 4.69) is 167 Å². The molecule has 0 unspecified atom stereocenters. The molecule has 0 saturated carbocycles. The van der Waals surface area contributed by atoms with Crippen LogP contribution in [0, 0.1) is 0 Å². The van der Waals surface area contributed by atoms with E-state index in [9.17, 15) is 4.57 Å². The highest BCUT2D eigenvalue weighted by Gasteiger charge is 2.32. The van der Waals surface area contributed by atoms with Gasteiger partial charge in [-0.1, -0.05) is 155 Å². The molecule has 0 aliphatic carbocycles. The minimum atomic E-state index is -2.48. The average molecular weight is 589 g/mol. The van der Waals surface area contributed by atoms with E-state index in [1.165, 1.54) is 54.6 Å². The van der Waals surface area contributed by atoms with E-state index >= 15 is 0 Å². The first kappa shape index (κ1) is 28.3. The summed E-state index contributed by atoms with van der Waals surface area (Å²) in [6, 6.07) is 50.4. The summed E-state index contributed by atoms with van der Waals surface area (Å²) in [5, 5.41) is 8.48. The SMILES string of the molecule is CC(C)P(=O)(c1ccc(-c2cccc(-c3c4ccccc4c(-c4ccc5ccccc5c4)c4ccccc34)c2)cc1)C(C)C. The van der Waals surface area contributed by atoms with Crippen molar-refractivity contribution in [2.45, 2.75) is 39.0 Å². The summed E-state index contributed by atoms with van der Waals surface area (Å²) in [5.41, 5.74) is 7.49. The Bertz CT molecular complexity index is 2140. The van der Waals surface area contributed by atoms with E-state index in [1.54, 1.807) is 0 Å². The maximum atomic E-state index is 13.9. The van der Waals surface area contributed by atoms with Gasteiger partial charge in [0.1, 0.15) is 7.14 Å². The van der Waals surface area contributed by atoms with Crippen molar-refractivity contribution in [2.75, 3.05) is 0 Å². The zero-order valence-corrected chi connectivity index (χ0v) is 26.7. The van der Waals surface area contributed by atoms with Crippen molar-refractivity contribution in [3.05, 3.63) is 140 Å². The number of hydrogen-bond donors (Lipinski definition) is 0. The van der Waals surface area contributed by atoms with Gasteiger partial charge >= 0.3 is 0 Å². The molecule has 7 rings (SSSR count). The Labute approximate surface area is 260 Å². The highest BCUT2D eigenvalue weighted by atomic mass is 31.2. The van der Waals surface area contributed by atoms with Crippen molar-refractivity contribution >= 4 is 44.8 Å². The molecule has 7 aromatic rings. The number of fused-ring (bicyclic) bond motifs is 3. The normalized spacial score (nSPS) is 12.1. The molecule has 0 N–H and O–H groups in total. The van der Waals surface area contributed by atoms with Crippen molar-refractivity contribution < 1.29 is 4.57 Å². The first-order valence-electron chi connectivity index (χ1n) is 15.6. The second-order valence-corrected chi connectivity index (χ2v) is 16.4. The molecule has 1 nitrogen and oxygen atoms in total. The molecule has 0 aliphatic heterocycles. The lowest BCUT2D eigenvalue weighted by Gasteiger charge is -2.26. The van der Waals surface area contributed by atoms with Gasteiger partial charge in [0.15, 0.2) is 0 Å². The van der Waals surface area contributed by atoms with Crippen LogP contribution < -0.4 is 5.30 Å². The molecule has 0 heterocycles. The third-order valence-electron chi connectivity index (χ3n) is 9.26. The molecule has 0 aromatic heterocycles. The average Bonchev–Trinajstić information content (AvgIpc) is 3.06. The van der Waals surface area contributed by atoms with E-state index in [0.29, 0.717) is 0 Å². The predicted octanol–water partition coefficient (Wildman–Crippen LogP) is 12.0. The molecule has 0 aliphatic rings. The third kappa shape index (κ3) is 4.68. The van der Waals surface area contributed by atoms with Crippen LogP contribution in [-0.4, -0.2) is 11.3 Å². The molecule has 0 bridgehead atoms. The van der Waals surface area contributed by atoms with Crippen molar-refractivity contribution in [3.8, 4) is 33.4 Å². The van der Waals surface area contributed by atoms with E-state index in [1.807, 2.05) is 0 Å². The molecular weight excluding hydrogens is 551 g/mol. The summed E-state index contributed by atoms with van der Waals surface area (Å²) < 4.78 is 13.9. The zero-order valence-electron chi connectivity index (χ0n) is 25.8. The van der Waals surface area contributed by atoms with Crippen LogP contribution in [0.3, 0.4) is 0 Å². The van der Waals surface area contributed by atoms with Crippen LogP contribution in [0.4, 0.5) is 0 Å². The van der Waals surface area contributed by atoms with Crippen LogP contribution in [0.1, 0.15) is 27.7 Å². The summed E-state index contributed by atoms with van der Waals surface area (Å²) in [5.74, 6) is 0. The van der Waals surface area contributed by atoms with Gasteiger partial charge in [0.25, 0.3) is 0 Å². The molecular formula is C42H37OP. The van der Waals surface area contributed by atoms with Crippen molar-refractivity contribution in [2.24, 2.45) is 0 Å². The zero-order chi connectivity index (χ0) is 30.4. The minimum absolute atomic E-state index is 0.121. The monoisotopic (exact) mass is 588 g/mol. The summed E-state index contributed by atoms with van der Waals surface area (Å²) in [4.78, 5) is 0. The third-order valence-corrected chi connectivity index (χ3v) is 13.4. The van der Waals surface area contributed by atoms with Crippen LogP contribution in [0.5, 0.6) is 0 Å².